The Kier molecular flexibility index (Phi) is 6.32. The Morgan fingerprint density at radius 1 is 1.26 bits per heavy atom. The van der Waals surface area contributed by atoms with Crippen LogP contribution in [0.15, 0.2) is 5.38 Å². The molecule has 0 amide bonds. The molecule has 2 rings (SSSR count). The van der Waals surface area contributed by atoms with Gasteiger partial charge < -0.3 is 5.11 Å². The SMILES string of the molecule is CCCCC1CCC(c2nc(CCCO)cs2)CC1. The monoisotopic (exact) mass is 281 g/mol. The second kappa shape index (κ2) is 8.01. The van der Waals surface area contributed by atoms with Crippen LogP contribution in [0, 0.1) is 5.92 Å². The molecule has 3 heteroatoms. The van der Waals surface area contributed by atoms with Gasteiger partial charge in [0.15, 0.2) is 0 Å². The third-order valence-electron chi connectivity index (χ3n) is 4.32. The first kappa shape index (κ1) is 15.0. The molecule has 0 unspecified atom stereocenters. The lowest BCUT2D eigenvalue weighted by atomic mass is 9.80. The van der Waals surface area contributed by atoms with Gasteiger partial charge in [0, 0.05) is 17.9 Å². The number of hydrogen-bond acceptors (Lipinski definition) is 3. The Bertz CT molecular complexity index is 355. The van der Waals surface area contributed by atoms with Crippen LogP contribution in [0.5, 0.6) is 0 Å². The van der Waals surface area contributed by atoms with Gasteiger partial charge >= 0.3 is 0 Å². The molecule has 1 N–H and O–H groups in total. The second-order valence-electron chi connectivity index (χ2n) is 5.86. The van der Waals surface area contributed by atoms with Crippen molar-refractivity contribution in [2.24, 2.45) is 5.92 Å². The molecule has 1 aromatic rings. The molecule has 0 bridgehead atoms. The van der Waals surface area contributed by atoms with E-state index >= 15 is 0 Å². The maximum absolute atomic E-state index is 8.86. The van der Waals surface area contributed by atoms with Crippen molar-refractivity contribution in [2.45, 2.75) is 70.6 Å². The summed E-state index contributed by atoms with van der Waals surface area (Å²) in [6.07, 6.45) is 11.4. The van der Waals surface area contributed by atoms with Crippen LogP contribution < -0.4 is 0 Å². The van der Waals surface area contributed by atoms with Crippen molar-refractivity contribution in [1.29, 1.82) is 0 Å². The number of rotatable bonds is 7. The first-order valence-electron chi connectivity index (χ1n) is 7.88. The predicted octanol–water partition coefficient (Wildman–Crippen LogP) is 4.53. The molecule has 0 aromatic carbocycles. The molecule has 1 aliphatic carbocycles. The Labute approximate surface area is 121 Å². The molecule has 0 atom stereocenters. The van der Waals surface area contributed by atoms with Crippen molar-refractivity contribution in [3.05, 3.63) is 16.1 Å². The number of aliphatic hydroxyl groups excluding tert-OH is 1. The van der Waals surface area contributed by atoms with Crippen LogP contribution >= 0.6 is 11.3 Å². The van der Waals surface area contributed by atoms with E-state index in [-0.39, 0.29) is 6.61 Å². The third kappa shape index (κ3) is 4.57. The maximum atomic E-state index is 8.86. The average Bonchev–Trinajstić information content (AvgIpc) is 2.92. The summed E-state index contributed by atoms with van der Waals surface area (Å²) in [5.74, 6) is 1.69. The molecule has 0 radical (unpaired) electrons. The van der Waals surface area contributed by atoms with Crippen LogP contribution in [-0.2, 0) is 6.42 Å². The zero-order chi connectivity index (χ0) is 13.5. The maximum Gasteiger partial charge on any atom is 0.0959 e. The predicted molar refractivity (Wildman–Crippen MR) is 81.7 cm³/mol. The zero-order valence-corrected chi connectivity index (χ0v) is 12.9. The lowest BCUT2D eigenvalue weighted by Crippen LogP contribution is -2.13. The Hall–Kier alpha value is -0.410. The molecule has 2 nitrogen and oxygen atoms in total. The van der Waals surface area contributed by atoms with E-state index in [1.165, 1.54) is 55.6 Å². The molecular weight excluding hydrogens is 254 g/mol. The topological polar surface area (TPSA) is 33.1 Å². The van der Waals surface area contributed by atoms with E-state index in [0.29, 0.717) is 5.92 Å². The molecule has 1 aromatic heterocycles. The highest BCUT2D eigenvalue weighted by Gasteiger charge is 2.23. The number of aliphatic hydroxyl groups is 1. The number of thiazole rings is 1. The van der Waals surface area contributed by atoms with Crippen molar-refractivity contribution in [3.8, 4) is 0 Å². The first-order chi connectivity index (χ1) is 9.33. The van der Waals surface area contributed by atoms with Gasteiger partial charge in [0.05, 0.1) is 10.7 Å². The Morgan fingerprint density at radius 2 is 2.05 bits per heavy atom. The quantitative estimate of drug-likeness (QED) is 0.796. The van der Waals surface area contributed by atoms with Gasteiger partial charge in [-0.2, -0.15) is 0 Å². The van der Waals surface area contributed by atoms with Crippen molar-refractivity contribution in [1.82, 2.24) is 4.98 Å². The highest BCUT2D eigenvalue weighted by Crippen LogP contribution is 2.38. The summed E-state index contributed by atoms with van der Waals surface area (Å²) in [6.45, 7) is 2.56. The first-order valence-corrected chi connectivity index (χ1v) is 8.76. The van der Waals surface area contributed by atoms with Gasteiger partial charge in [0.2, 0.25) is 0 Å². The lowest BCUT2D eigenvalue weighted by Gasteiger charge is -2.27. The van der Waals surface area contributed by atoms with Crippen LogP contribution in [0.25, 0.3) is 0 Å². The zero-order valence-electron chi connectivity index (χ0n) is 12.1. The van der Waals surface area contributed by atoms with Crippen LogP contribution in [0.3, 0.4) is 0 Å². The standard InChI is InChI=1S/C16H27NOS/c1-2-3-5-13-7-9-14(10-8-13)16-17-15(12-19-16)6-4-11-18/h12-14,18H,2-11H2,1H3. The van der Waals surface area contributed by atoms with E-state index in [9.17, 15) is 0 Å². The summed E-state index contributed by atoms with van der Waals surface area (Å²) >= 11 is 1.83. The van der Waals surface area contributed by atoms with Crippen molar-refractivity contribution in [3.63, 3.8) is 0 Å². The van der Waals surface area contributed by atoms with E-state index in [1.807, 2.05) is 11.3 Å². The van der Waals surface area contributed by atoms with E-state index < -0.39 is 0 Å². The molecular formula is C16H27NOS. The number of aromatic nitrogens is 1. The van der Waals surface area contributed by atoms with Gasteiger partial charge in [-0.1, -0.05) is 26.2 Å². The molecule has 0 spiro atoms. The van der Waals surface area contributed by atoms with Gasteiger partial charge in [-0.25, -0.2) is 4.98 Å². The number of nitrogens with zero attached hydrogens (tertiary/aromatic N) is 1. The summed E-state index contributed by atoms with van der Waals surface area (Å²) in [6, 6.07) is 0. The Balaban J connectivity index is 1.78. The number of hydrogen-bond donors (Lipinski definition) is 1. The molecule has 1 aliphatic rings. The third-order valence-corrected chi connectivity index (χ3v) is 5.38. The summed E-state index contributed by atoms with van der Waals surface area (Å²) in [7, 11) is 0. The fourth-order valence-corrected chi connectivity index (χ4v) is 4.10. The summed E-state index contributed by atoms with van der Waals surface area (Å²) in [4.78, 5) is 4.77. The largest absolute Gasteiger partial charge is 0.396 e. The van der Waals surface area contributed by atoms with Gasteiger partial charge in [-0.15, -0.1) is 11.3 Å². The molecule has 108 valence electrons. The molecule has 1 saturated carbocycles. The van der Waals surface area contributed by atoms with Crippen LogP contribution in [0.4, 0.5) is 0 Å². The van der Waals surface area contributed by atoms with Crippen LogP contribution in [-0.4, -0.2) is 16.7 Å². The highest BCUT2D eigenvalue weighted by atomic mass is 32.1. The van der Waals surface area contributed by atoms with Gasteiger partial charge in [-0.3, -0.25) is 0 Å². The summed E-state index contributed by atoms with van der Waals surface area (Å²) < 4.78 is 0. The normalized spacial score (nSPS) is 23.7. The fourth-order valence-electron chi connectivity index (χ4n) is 3.08. The molecule has 0 saturated heterocycles. The van der Waals surface area contributed by atoms with Crippen molar-refractivity contribution in [2.75, 3.05) is 6.61 Å². The molecule has 1 heterocycles. The lowest BCUT2D eigenvalue weighted by molar-refractivity contribution is 0.288. The van der Waals surface area contributed by atoms with Crippen LogP contribution in [0.2, 0.25) is 0 Å². The smallest absolute Gasteiger partial charge is 0.0959 e. The van der Waals surface area contributed by atoms with E-state index in [1.54, 1.807) is 0 Å². The summed E-state index contributed by atoms with van der Waals surface area (Å²) in [5, 5.41) is 12.4. The molecule has 1 fully saturated rings. The fraction of sp³-hybridized carbons (Fsp3) is 0.812. The minimum Gasteiger partial charge on any atom is -0.396 e. The second-order valence-corrected chi connectivity index (χ2v) is 6.75. The minimum absolute atomic E-state index is 0.273. The van der Waals surface area contributed by atoms with E-state index in [4.69, 9.17) is 10.1 Å². The number of unbranched alkanes of at least 4 members (excludes halogenated alkanes) is 1. The highest BCUT2D eigenvalue weighted by molar-refractivity contribution is 7.09. The molecule has 0 aliphatic heterocycles. The van der Waals surface area contributed by atoms with Gasteiger partial charge in [0.25, 0.3) is 0 Å². The van der Waals surface area contributed by atoms with Crippen LogP contribution in [0.1, 0.15) is 74.9 Å². The summed E-state index contributed by atoms with van der Waals surface area (Å²) in [5.41, 5.74) is 1.18. The van der Waals surface area contributed by atoms with Crippen molar-refractivity contribution < 1.29 is 5.11 Å². The average molecular weight is 281 g/mol. The minimum atomic E-state index is 0.273. The van der Waals surface area contributed by atoms with Crippen molar-refractivity contribution >= 4 is 11.3 Å². The van der Waals surface area contributed by atoms with Gasteiger partial charge in [-0.05, 0) is 44.4 Å². The number of aryl methyl sites for hydroxylation is 1. The van der Waals surface area contributed by atoms with Gasteiger partial charge in [0.1, 0.15) is 0 Å². The molecule has 19 heavy (non-hydrogen) atoms. The van der Waals surface area contributed by atoms with E-state index in [2.05, 4.69) is 12.3 Å². The van der Waals surface area contributed by atoms with E-state index in [0.717, 1.165) is 18.8 Å². The Morgan fingerprint density at radius 3 is 2.74 bits per heavy atom.